The highest BCUT2D eigenvalue weighted by atomic mass is 16.5. The quantitative estimate of drug-likeness (QED) is 0.117. The van der Waals surface area contributed by atoms with E-state index in [1.165, 1.54) is 14.2 Å². The second-order valence-electron chi connectivity index (χ2n) is 14.4. The fourth-order valence-electron chi connectivity index (χ4n) is 7.59. The molecule has 2 aliphatic heterocycles. The van der Waals surface area contributed by atoms with Crippen molar-refractivity contribution in [2.45, 2.75) is 84.3 Å². The highest BCUT2D eigenvalue weighted by Crippen LogP contribution is 2.43. The van der Waals surface area contributed by atoms with Gasteiger partial charge in [0, 0.05) is 17.0 Å². The molecule has 5 aromatic rings. The molecule has 0 unspecified atom stereocenters. The summed E-state index contributed by atoms with van der Waals surface area (Å²) in [4.78, 5) is 68.3. The molecule has 15 heteroatoms. The van der Waals surface area contributed by atoms with Crippen molar-refractivity contribution >= 4 is 45.8 Å². The molecule has 3 aromatic carbocycles. The average molecular weight is 751 g/mol. The zero-order valence-electron chi connectivity index (χ0n) is 31.7. The normalized spacial score (nSPS) is 17.3. The molecule has 5 N–H and O–H groups in total. The van der Waals surface area contributed by atoms with Crippen LogP contribution in [0.3, 0.4) is 0 Å². The molecule has 2 aromatic heterocycles. The molecule has 7 rings (SSSR count). The lowest BCUT2D eigenvalue weighted by molar-refractivity contribution is -0.136. The van der Waals surface area contributed by atoms with E-state index in [1.807, 2.05) is 50.8 Å². The third-order valence-electron chi connectivity index (χ3n) is 10.6. The van der Waals surface area contributed by atoms with Crippen LogP contribution in [0.2, 0.25) is 0 Å². The number of carbonyl (C=O) groups excluding carboxylic acids is 4. The standard InChI is InChI=1S/C40H46N8O7/c1-7-28(45-39(51)53-5)38(50)48-21(4)8-13-31(48)36-41-17-30(44-36)23-9-11-25-24(14-23)19-55-32-16-26-22(15-27(25)32)10-12-29-35(26)46-33(43-29)18-42-37(49)34(20(2)3)47-40(52)54-6/h9-12,14-17,20-21,28,31,34H,7-8,13,18-19H2,1-6H3,(H,41,44)(H,42,49)(H,43,46)(H,45,51)(H,47,52)/t21-,28-,31-,34-/m0/s1. The first kappa shape index (κ1) is 37.2. The van der Waals surface area contributed by atoms with Crippen LogP contribution < -0.4 is 20.7 Å². The maximum Gasteiger partial charge on any atom is 0.407 e. The van der Waals surface area contributed by atoms with Gasteiger partial charge in [-0.05, 0) is 78.4 Å². The lowest BCUT2D eigenvalue weighted by Gasteiger charge is -2.31. The van der Waals surface area contributed by atoms with Crippen molar-refractivity contribution in [2.75, 3.05) is 14.2 Å². The molecule has 4 heterocycles. The number of nitrogens with zero attached hydrogens (tertiary/aromatic N) is 3. The van der Waals surface area contributed by atoms with Crippen LogP contribution in [-0.2, 0) is 32.2 Å². The summed E-state index contributed by atoms with van der Waals surface area (Å²) in [5.41, 5.74) is 6.46. The predicted octanol–water partition coefficient (Wildman–Crippen LogP) is 5.85. The van der Waals surface area contributed by atoms with Crippen molar-refractivity contribution in [3.8, 4) is 28.1 Å². The number of carbonyl (C=O) groups is 4. The van der Waals surface area contributed by atoms with Crippen LogP contribution in [0.5, 0.6) is 5.75 Å². The van der Waals surface area contributed by atoms with Crippen LogP contribution in [0.1, 0.15) is 70.2 Å². The van der Waals surface area contributed by atoms with E-state index < -0.39 is 24.3 Å². The van der Waals surface area contributed by atoms with Gasteiger partial charge in [0.15, 0.2) is 0 Å². The van der Waals surface area contributed by atoms with Crippen molar-refractivity contribution in [2.24, 2.45) is 5.92 Å². The third-order valence-corrected chi connectivity index (χ3v) is 10.6. The first-order chi connectivity index (χ1) is 26.5. The maximum atomic E-state index is 13.6. The SMILES string of the molecule is CC[C@H](NC(=O)OC)C(=O)N1[C@@H](C)CC[C@H]1c1ncc(-c2ccc3c(c2)COc2cc4c(ccc5[nH]c(CNC(=O)[C@@H](NC(=O)OC)C(C)C)nc54)cc2-3)[nH]1. The highest BCUT2D eigenvalue weighted by molar-refractivity contribution is 6.07. The number of rotatable bonds is 10. The first-order valence-corrected chi connectivity index (χ1v) is 18.5. The number of fused-ring (bicyclic) bond motifs is 6. The van der Waals surface area contributed by atoms with Crippen LogP contribution in [0, 0.1) is 5.92 Å². The fraction of sp³-hybridized carbons (Fsp3) is 0.400. The molecule has 1 fully saturated rings. The van der Waals surface area contributed by atoms with Gasteiger partial charge in [-0.1, -0.05) is 39.0 Å². The molecule has 288 valence electrons. The summed E-state index contributed by atoms with van der Waals surface area (Å²) in [6, 6.07) is 12.7. The summed E-state index contributed by atoms with van der Waals surface area (Å²) in [6.07, 6.45) is 2.53. The number of methoxy groups -OCH3 is 2. The van der Waals surface area contributed by atoms with Crippen LogP contribution in [-0.4, -0.2) is 81.2 Å². The average Bonchev–Trinajstić information content (AvgIpc) is 3.95. The van der Waals surface area contributed by atoms with Crippen molar-refractivity contribution in [3.05, 3.63) is 65.9 Å². The minimum Gasteiger partial charge on any atom is -0.488 e. The number of ether oxygens (including phenoxy) is 3. The highest BCUT2D eigenvalue weighted by Gasteiger charge is 2.40. The van der Waals surface area contributed by atoms with Crippen molar-refractivity contribution < 1.29 is 33.4 Å². The van der Waals surface area contributed by atoms with E-state index in [2.05, 4.69) is 54.9 Å². The van der Waals surface area contributed by atoms with Crippen molar-refractivity contribution in [1.82, 2.24) is 40.8 Å². The second-order valence-corrected chi connectivity index (χ2v) is 14.4. The zero-order valence-corrected chi connectivity index (χ0v) is 31.7. The van der Waals surface area contributed by atoms with Crippen molar-refractivity contribution in [3.63, 3.8) is 0 Å². The van der Waals surface area contributed by atoms with E-state index in [9.17, 15) is 19.2 Å². The number of nitrogens with one attached hydrogen (secondary N) is 5. The minimum atomic E-state index is -0.751. The molecule has 0 aliphatic carbocycles. The van der Waals surface area contributed by atoms with Gasteiger partial charge in [-0.3, -0.25) is 9.59 Å². The fourth-order valence-corrected chi connectivity index (χ4v) is 7.59. The van der Waals surface area contributed by atoms with Gasteiger partial charge in [-0.25, -0.2) is 19.6 Å². The summed E-state index contributed by atoms with van der Waals surface area (Å²) < 4.78 is 15.7. The topological polar surface area (TPSA) is 193 Å². The Balaban J connectivity index is 1.09. The Morgan fingerprint density at radius 3 is 2.51 bits per heavy atom. The molecular weight excluding hydrogens is 704 g/mol. The smallest absolute Gasteiger partial charge is 0.407 e. The number of benzene rings is 3. The maximum absolute atomic E-state index is 13.6. The number of hydrogen-bond donors (Lipinski definition) is 5. The van der Waals surface area contributed by atoms with Crippen LogP contribution in [0.25, 0.3) is 44.2 Å². The van der Waals surface area contributed by atoms with Crippen LogP contribution >= 0.6 is 0 Å². The molecule has 0 bridgehead atoms. The Hall–Kier alpha value is -6.12. The summed E-state index contributed by atoms with van der Waals surface area (Å²) in [5, 5.41) is 10.0. The number of amides is 4. The molecule has 2 aliphatic rings. The number of H-pyrrole nitrogens is 2. The molecule has 4 atom stereocenters. The van der Waals surface area contributed by atoms with Gasteiger partial charge >= 0.3 is 12.2 Å². The molecular formula is C40H46N8O7. The largest absolute Gasteiger partial charge is 0.488 e. The number of alkyl carbamates (subject to hydrolysis) is 2. The third kappa shape index (κ3) is 7.25. The van der Waals surface area contributed by atoms with Gasteiger partial charge in [-0.15, -0.1) is 0 Å². The molecule has 55 heavy (non-hydrogen) atoms. The number of aromatic nitrogens is 4. The van der Waals surface area contributed by atoms with E-state index in [0.29, 0.717) is 24.7 Å². The Morgan fingerprint density at radius 1 is 0.982 bits per heavy atom. The molecule has 4 amide bonds. The first-order valence-electron chi connectivity index (χ1n) is 18.5. The summed E-state index contributed by atoms with van der Waals surface area (Å²) in [6.45, 7) is 8.10. The lowest BCUT2D eigenvalue weighted by atomic mass is 9.92. The summed E-state index contributed by atoms with van der Waals surface area (Å²) in [5.74, 6) is 1.41. The van der Waals surface area contributed by atoms with Gasteiger partial charge in [-0.2, -0.15) is 0 Å². The Labute approximate surface area is 317 Å². The molecule has 1 saturated heterocycles. The zero-order chi connectivity index (χ0) is 39.0. The van der Waals surface area contributed by atoms with Gasteiger partial charge in [0.05, 0.1) is 49.7 Å². The second kappa shape index (κ2) is 15.3. The van der Waals surface area contributed by atoms with Crippen molar-refractivity contribution in [1.29, 1.82) is 0 Å². The van der Waals surface area contributed by atoms with E-state index in [0.717, 1.165) is 68.3 Å². The van der Waals surface area contributed by atoms with E-state index >= 15 is 0 Å². The van der Waals surface area contributed by atoms with Crippen LogP contribution in [0.4, 0.5) is 9.59 Å². The molecule has 0 radical (unpaired) electrons. The Kier molecular flexibility index (Phi) is 10.4. The minimum absolute atomic E-state index is 0.00344. The summed E-state index contributed by atoms with van der Waals surface area (Å²) >= 11 is 0. The lowest BCUT2D eigenvalue weighted by Crippen LogP contribution is -2.50. The molecule has 15 nitrogen and oxygen atoms in total. The van der Waals surface area contributed by atoms with Gasteiger partial charge < -0.3 is 45.0 Å². The van der Waals surface area contributed by atoms with Gasteiger partial charge in [0.2, 0.25) is 11.8 Å². The number of imidazole rings is 2. The van der Waals surface area contributed by atoms with E-state index in [1.54, 1.807) is 6.20 Å². The number of aromatic amines is 2. The van der Waals surface area contributed by atoms with E-state index in [4.69, 9.17) is 19.4 Å². The Bertz CT molecular complexity index is 2280. The number of likely N-dealkylation sites (tertiary alicyclic amines) is 1. The molecule has 0 spiro atoms. The monoisotopic (exact) mass is 750 g/mol. The predicted molar refractivity (Wildman–Crippen MR) is 205 cm³/mol. The Morgan fingerprint density at radius 2 is 1.76 bits per heavy atom. The van der Waals surface area contributed by atoms with Gasteiger partial charge in [0.25, 0.3) is 0 Å². The number of hydrogen-bond acceptors (Lipinski definition) is 9. The molecule has 0 saturated carbocycles. The summed E-state index contributed by atoms with van der Waals surface area (Å²) in [7, 11) is 2.54. The van der Waals surface area contributed by atoms with E-state index in [-0.39, 0.29) is 36.4 Å². The van der Waals surface area contributed by atoms with Gasteiger partial charge in [0.1, 0.15) is 36.1 Å². The van der Waals surface area contributed by atoms with Crippen LogP contribution in [0.15, 0.2) is 48.7 Å².